The van der Waals surface area contributed by atoms with Gasteiger partial charge in [-0.3, -0.25) is 9.78 Å². The van der Waals surface area contributed by atoms with Gasteiger partial charge in [-0.2, -0.15) is 0 Å². The lowest BCUT2D eigenvalue weighted by molar-refractivity contribution is -0.118. The lowest BCUT2D eigenvalue weighted by Crippen LogP contribution is -2.47. The summed E-state index contributed by atoms with van der Waals surface area (Å²) < 4.78 is 5.91. The Labute approximate surface area is 227 Å². The van der Waals surface area contributed by atoms with Gasteiger partial charge >= 0.3 is 5.97 Å². The van der Waals surface area contributed by atoms with Crippen molar-refractivity contribution in [3.8, 4) is 0 Å². The third-order valence-corrected chi connectivity index (χ3v) is 7.30. The number of hydrogen-bond donors (Lipinski definition) is 2. The van der Waals surface area contributed by atoms with Crippen LogP contribution in [0.4, 0.5) is 5.69 Å². The fraction of sp³-hybridized carbons (Fsp3) is 0.179. The predicted octanol–water partition coefficient (Wildman–Crippen LogP) is -0.231. The number of nitrogens with one attached hydrogen (secondary N) is 1. The molecule has 4 rings (SSSR count). The first kappa shape index (κ1) is 27.3. The van der Waals surface area contributed by atoms with Gasteiger partial charge in [0.25, 0.3) is 0 Å². The van der Waals surface area contributed by atoms with E-state index in [1.807, 2.05) is 106 Å². The molecule has 6 nitrogen and oxygen atoms in total. The molecule has 188 valence electrons. The highest BCUT2D eigenvalue weighted by molar-refractivity contribution is 6.39. The number of aryl methyl sites for hydroxylation is 2. The molecule has 1 aromatic heterocycles. The monoisotopic (exact) mass is 501 g/mol. The Balaban J connectivity index is 1.53. The maximum absolute atomic E-state index is 13.4. The molecule has 0 saturated carbocycles. The van der Waals surface area contributed by atoms with E-state index in [4.69, 9.17) is 10.5 Å². The van der Waals surface area contributed by atoms with Crippen molar-refractivity contribution in [2.45, 2.75) is 24.6 Å². The largest absolute Gasteiger partial charge is 0.470 e. The molecule has 0 saturated heterocycles. The summed E-state index contributed by atoms with van der Waals surface area (Å²) in [6.07, 6.45) is 1.76. The molecule has 1 unspecified atom stereocenters. The number of rotatable bonds is 7. The molecule has 1 atom stereocenters. The number of benzene rings is 3. The van der Waals surface area contributed by atoms with Crippen molar-refractivity contribution in [1.82, 2.24) is 4.98 Å². The summed E-state index contributed by atoms with van der Waals surface area (Å²) in [4.78, 5) is 30.7. The van der Waals surface area contributed by atoms with E-state index in [0.717, 1.165) is 38.6 Å². The van der Waals surface area contributed by atoms with Crippen molar-refractivity contribution < 1.29 is 14.3 Å². The van der Waals surface area contributed by atoms with Gasteiger partial charge in [0.15, 0.2) is 23.5 Å². The van der Waals surface area contributed by atoms with Crippen LogP contribution in [0, 0.1) is 13.8 Å². The molecule has 4 aromatic rings. The quantitative estimate of drug-likeness (QED) is 0.270. The summed E-state index contributed by atoms with van der Waals surface area (Å²) in [6.45, 7) is 4.02. The number of carbonyl (C=O) groups is 2. The zero-order chi connectivity index (χ0) is 27.7. The summed E-state index contributed by atoms with van der Waals surface area (Å²) in [5.74, 6) is -0.567. The Morgan fingerprint density at radius 2 is 1.63 bits per heavy atom. The first-order chi connectivity index (χ1) is 17.9. The average Bonchev–Trinajstić information content (AvgIpc) is 2.88. The summed E-state index contributed by atoms with van der Waals surface area (Å²) in [7, 11) is 7.50. The van der Waals surface area contributed by atoms with Gasteiger partial charge in [0.2, 0.25) is 5.91 Å². The van der Waals surface area contributed by atoms with Gasteiger partial charge in [0.05, 0.1) is 16.3 Å². The van der Waals surface area contributed by atoms with Crippen LogP contribution in [0.3, 0.4) is 0 Å². The highest BCUT2D eigenvalue weighted by atomic mass is 16.5. The lowest BCUT2D eigenvalue weighted by atomic mass is 9.59. The first-order valence-electron chi connectivity index (χ1n) is 12.7. The van der Waals surface area contributed by atoms with E-state index in [1.165, 1.54) is 0 Å². The van der Waals surface area contributed by atoms with Crippen molar-refractivity contribution in [1.29, 1.82) is 0 Å². The molecule has 1 amide bonds. The first-order valence-corrected chi connectivity index (χ1v) is 12.7. The standard InChI is InChI=1S/C28H31B4N3O3/c1-16-3-9-22(17(2)13-16)25(36)38-28(31,32)20-6-4-19(5-7-20)27(30,15-33)26(37)35-21-8-10-23-18(14-21)11-12-34-24(23)29/h3-14H,15,29-33H2,1-2H3,(H,35,37). The van der Waals surface area contributed by atoms with Crippen LogP contribution >= 0.6 is 0 Å². The number of amides is 1. The van der Waals surface area contributed by atoms with Crippen LogP contribution in [0.1, 0.15) is 32.6 Å². The van der Waals surface area contributed by atoms with Gasteiger partial charge in [-0.15, -0.1) is 0 Å². The number of carbonyl (C=O) groups excluding carboxylic acids is 2. The summed E-state index contributed by atoms with van der Waals surface area (Å²) >= 11 is 0. The molecule has 0 spiro atoms. The van der Waals surface area contributed by atoms with Gasteiger partial charge in [-0.05, 0) is 65.6 Å². The van der Waals surface area contributed by atoms with Gasteiger partial charge in [-0.1, -0.05) is 48.0 Å². The van der Waals surface area contributed by atoms with Gasteiger partial charge in [-0.25, -0.2) is 4.79 Å². The number of nitrogens with zero attached hydrogens (tertiary/aromatic N) is 1. The minimum atomic E-state index is -0.957. The molecule has 0 aliphatic heterocycles. The Morgan fingerprint density at radius 3 is 2.29 bits per heavy atom. The van der Waals surface area contributed by atoms with E-state index >= 15 is 0 Å². The van der Waals surface area contributed by atoms with Crippen LogP contribution < -0.4 is 16.6 Å². The third kappa shape index (κ3) is 5.41. The van der Waals surface area contributed by atoms with Crippen LogP contribution in [0.2, 0.25) is 0 Å². The van der Waals surface area contributed by atoms with Gasteiger partial charge in [0.1, 0.15) is 7.85 Å². The molecule has 0 aliphatic carbocycles. The number of pyridine rings is 1. The number of anilines is 1. The van der Waals surface area contributed by atoms with Gasteiger partial charge in [0, 0.05) is 24.0 Å². The summed E-state index contributed by atoms with van der Waals surface area (Å²) in [5.41, 5.74) is 11.9. The molecule has 0 radical (unpaired) electrons. The zero-order valence-corrected chi connectivity index (χ0v) is 22.9. The fourth-order valence-electron chi connectivity index (χ4n) is 4.65. The van der Waals surface area contributed by atoms with Crippen LogP contribution in [-0.2, 0) is 20.2 Å². The highest BCUT2D eigenvalue weighted by Crippen LogP contribution is 2.27. The number of nitrogens with two attached hydrogens (primary N) is 1. The zero-order valence-electron chi connectivity index (χ0n) is 22.9. The number of fused-ring (bicyclic) bond motifs is 1. The van der Waals surface area contributed by atoms with E-state index in [9.17, 15) is 9.59 Å². The number of ether oxygens (including phenoxy) is 1. The second-order valence-corrected chi connectivity index (χ2v) is 10.6. The normalized spacial score (nSPS) is 13.0. The maximum atomic E-state index is 13.4. The molecular weight excluding hydrogens is 470 g/mol. The SMILES string of the molecule is Bc1nccc2cc(NC(=O)C(B)(CN)c3ccc(C(B)(B)OC(=O)c4ccc(C)cc4C)cc3)ccc12. The molecule has 0 fully saturated rings. The topological polar surface area (TPSA) is 94.3 Å². The van der Waals surface area contributed by atoms with E-state index in [2.05, 4.69) is 10.3 Å². The molecule has 3 N–H and O–H groups in total. The number of esters is 1. The number of hydrogen-bond acceptors (Lipinski definition) is 5. The summed E-state index contributed by atoms with van der Waals surface area (Å²) in [6, 6.07) is 20.9. The van der Waals surface area contributed by atoms with Crippen LogP contribution in [0.5, 0.6) is 0 Å². The van der Waals surface area contributed by atoms with Crippen LogP contribution in [0.25, 0.3) is 10.8 Å². The molecule has 10 heteroatoms. The molecular formula is C28H31B4N3O3. The van der Waals surface area contributed by atoms with Crippen molar-refractivity contribution in [2.75, 3.05) is 11.9 Å². The van der Waals surface area contributed by atoms with E-state index < -0.39 is 10.7 Å². The predicted molar refractivity (Wildman–Crippen MR) is 164 cm³/mol. The Kier molecular flexibility index (Phi) is 7.56. The maximum Gasteiger partial charge on any atom is 0.337 e. The Morgan fingerprint density at radius 1 is 0.947 bits per heavy atom. The molecule has 38 heavy (non-hydrogen) atoms. The molecule has 3 aromatic carbocycles. The fourth-order valence-corrected chi connectivity index (χ4v) is 4.65. The lowest BCUT2D eigenvalue weighted by Gasteiger charge is -2.30. The summed E-state index contributed by atoms with van der Waals surface area (Å²) in [5, 5.41) is 3.26. The van der Waals surface area contributed by atoms with E-state index in [1.54, 1.807) is 12.3 Å². The van der Waals surface area contributed by atoms with E-state index in [-0.39, 0.29) is 18.4 Å². The molecule has 0 bridgehead atoms. The Bertz CT molecular complexity index is 1530. The minimum absolute atomic E-state index is 0.125. The van der Waals surface area contributed by atoms with Crippen molar-refractivity contribution in [3.63, 3.8) is 0 Å². The van der Waals surface area contributed by atoms with Crippen molar-refractivity contribution in [2.24, 2.45) is 5.73 Å². The molecule has 1 heterocycles. The Hall–Kier alpha value is -3.77. The minimum Gasteiger partial charge on any atom is -0.470 e. The van der Waals surface area contributed by atoms with Crippen LogP contribution in [-0.4, -0.2) is 54.8 Å². The second-order valence-electron chi connectivity index (χ2n) is 10.6. The van der Waals surface area contributed by atoms with Crippen LogP contribution in [0.15, 0.2) is 72.9 Å². The molecule has 0 aliphatic rings. The van der Waals surface area contributed by atoms with Crippen molar-refractivity contribution in [3.05, 3.63) is 101 Å². The van der Waals surface area contributed by atoms with E-state index in [0.29, 0.717) is 11.3 Å². The van der Waals surface area contributed by atoms with Crippen molar-refractivity contribution >= 4 is 65.3 Å². The number of aromatic nitrogens is 1. The third-order valence-electron chi connectivity index (χ3n) is 7.30. The second kappa shape index (κ2) is 10.5. The average molecular weight is 501 g/mol. The van der Waals surface area contributed by atoms with Gasteiger partial charge < -0.3 is 15.8 Å². The smallest absolute Gasteiger partial charge is 0.337 e. The highest BCUT2D eigenvalue weighted by Gasteiger charge is 2.35.